The predicted molar refractivity (Wildman–Crippen MR) is 73.3 cm³/mol. The number of carbonyl (C=O) groups is 4. The van der Waals surface area contributed by atoms with Crippen molar-refractivity contribution in [1.29, 1.82) is 0 Å². The predicted octanol–water partition coefficient (Wildman–Crippen LogP) is -1.38. The first kappa shape index (κ1) is 20.0. The van der Waals surface area contributed by atoms with E-state index in [1.165, 1.54) is 0 Å². The topological polar surface area (TPSA) is 158 Å². The van der Waals surface area contributed by atoms with E-state index in [1.54, 1.807) is 0 Å². The molecule has 10 nitrogen and oxygen atoms in total. The molecule has 0 aliphatic rings. The maximum atomic E-state index is 11.8. The maximum Gasteiger partial charge on any atom is 0.326 e. The molecule has 0 aliphatic heterocycles. The second-order valence-corrected chi connectivity index (χ2v) is 6.05. The van der Waals surface area contributed by atoms with Crippen LogP contribution in [0.3, 0.4) is 0 Å². The fraction of sp³-hybridized carbons (Fsp3) is 0.636. The number of aliphatic carboxylic acids is 1. The molecule has 0 aromatic carbocycles. The molecule has 0 fully saturated rings. The highest BCUT2D eigenvalue weighted by molar-refractivity contribution is 7.85. The summed E-state index contributed by atoms with van der Waals surface area (Å²) in [4.78, 5) is 45.5. The van der Waals surface area contributed by atoms with Gasteiger partial charge in [-0.3, -0.25) is 23.8 Å². The Hall–Kier alpha value is -2.01. The molecule has 126 valence electrons. The number of amides is 3. The molecule has 1 atom stereocenters. The zero-order valence-corrected chi connectivity index (χ0v) is 12.9. The lowest BCUT2D eigenvalue weighted by Crippen LogP contribution is -2.42. The summed E-state index contributed by atoms with van der Waals surface area (Å²) in [7, 11) is -4.34. The summed E-state index contributed by atoms with van der Waals surface area (Å²) < 4.78 is 29.9. The summed E-state index contributed by atoms with van der Waals surface area (Å²) in [5.41, 5.74) is 0. The van der Waals surface area contributed by atoms with Gasteiger partial charge in [-0.15, -0.1) is 0 Å². The van der Waals surface area contributed by atoms with E-state index in [4.69, 9.17) is 9.66 Å². The maximum absolute atomic E-state index is 11.8. The first-order chi connectivity index (χ1) is 9.94. The molecule has 0 aliphatic carbocycles. The Morgan fingerprint density at radius 1 is 1.18 bits per heavy atom. The quantitative estimate of drug-likeness (QED) is 0.457. The van der Waals surface area contributed by atoms with Gasteiger partial charge in [0.2, 0.25) is 17.7 Å². The molecule has 22 heavy (non-hydrogen) atoms. The lowest BCUT2D eigenvalue weighted by Gasteiger charge is -2.19. The van der Waals surface area contributed by atoms with Crippen molar-refractivity contribution in [2.24, 2.45) is 0 Å². The van der Waals surface area contributed by atoms with Gasteiger partial charge in [0.05, 0.1) is 5.75 Å². The Morgan fingerprint density at radius 2 is 1.73 bits per heavy atom. The lowest BCUT2D eigenvalue weighted by atomic mass is 10.1. The van der Waals surface area contributed by atoms with E-state index in [0.29, 0.717) is 4.90 Å². The first-order valence-corrected chi connectivity index (χ1v) is 7.81. The van der Waals surface area contributed by atoms with Crippen molar-refractivity contribution in [2.45, 2.75) is 32.7 Å². The van der Waals surface area contributed by atoms with Crippen molar-refractivity contribution < 1.29 is 37.3 Å². The highest BCUT2D eigenvalue weighted by atomic mass is 32.2. The molecule has 0 bridgehead atoms. The zero-order chi connectivity index (χ0) is 17.5. The molecule has 3 N–H and O–H groups in total. The van der Waals surface area contributed by atoms with E-state index in [-0.39, 0.29) is 12.8 Å². The fourth-order valence-corrected chi connectivity index (χ4v) is 1.98. The van der Waals surface area contributed by atoms with Crippen LogP contribution in [0.5, 0.6) is 0 Å². The minimum atomic E-state index is -4.34. The van der Waals surface area contributed by atoms with Crippen molar-refractivity contribution in [3.63, 3.8) is 0 Å². The largest absolute Gasteiger partial charge is 0.480 e. The lowest BCUT2D eigenvalue weighted by molar-refractivity contribution is -0.144. The van der Waals surface area contributed by atoms with Crippen molar-refractivity contribution in [1.82, 2.24) is 10.2 Å². The highest BCUT2D eigenvalue weighted by Crippen LogP contribution is 2.04. The Kier molecular flexibility index (Phi) is 7.67. The molecule has 0 aromatic rings. The van der Waals surface area contributed by atoms with Crippen LogP contribution < -0.4 is 5.32 Å². The summed E-state index contributed by atoms with van der Waals surface area (Å²) in [6, 6.07) is -1.29. The van der Waals surface area contributed by atoms with E-state index in [2.05, 4.69) is 5.32 Å². The van der Waals surface area contributed by atoms with Gasteiger partial charge in [0.25, 0.3) is 10.1 Å². The van der Waals surface area contributed by atoms with Crippen LogP contribution in [0.4, 0.5) is 0 Å². The summed E-state index contributed by atoms with van der Waals surface area (Å²) in [5.74, 6) is -4.27. The van der Waals surface area contributed by atoms with Gasteiger partial charge in [-0.1, -0.05) is 0 Å². The number of carbonyl (C=O) groups excluding carboxylic acids is 3. The van der Waals surface area contributed by atoms with Crippen LogP contribution in [0, 0.1) is 0 Å². The molecule has 11 heteroatoms. The third kappa shape index (κ3) is 8.32. The highest BCUT2D eigenvalue weighted by Gasteiger charge is 2.24. The smallest absolute Gasteiger partial charge is 0.326 e. The van der Waals surface area contributed by atoms with E-state index in [1.807, 2.05) is 0 Å². The van der Waals surface area contributed by atoms with Crippen molar-refractivity contribution >= 4 is 33.8 Å². The van der Waals surface area contributed by atoms with Gasteiger partial charge in [-0.25, -0.2) is 4.79 Å². The molecule has 0 aromatic heterocycles. The summed E-state index contributed by atoms with van der Waals surface area (Å²) in [5, 5.41) is 11.0. The summed E-state index contributed by atoms with van der Waals surface area (Å²) >= 11 is 0. The van der Waals surface area contributed by atoms with E-state index in [0.717, 1.165) is 13.8 Å². The number of rotatable bonds is 8. The van der Waals surface area contributed by atoms with Gasteiger partial charge in [0.1, 0.15) is 6.04 Å². The molecular weight excluding hydrogens is 320 g/mol. The van der Waals surface area contributed by atoms with Crippen LogP contribution in [0.1, 0.15) is 26.7 Å². The molecule has 0 radical (unpaired) electrons. The van der Waals surface area contributed by atoms with Crippen molar-refractivity contribution in [2.75, 3.05) is 12.3 Å². The molecule has 0 saturated heterocycles. The Bertz CT molecular complexity index is 556. The number of carboxylic acid groups (broad SMARTS) is 1. The number of imide groups is 1. The Morgan fingerprint density at radius 3 is 2.09 bits per heavy atom. The molecule has 0 saturated carbocycles. The van der Waals surface area contributed by atoms with Gasteiger partial charge in [0, 0.05) is 26.8 Å². The minimum Gasteiger partial charge on any atom is -0.480 e. The number of nitrogens with zero attached hydrogens (tertiary/aromatic N) is 1. The van der Waals surface area contributed by atoms with E-state index < -0.39 is 52.1 Å². The molecule has 1 unspecified atom stereocenters. The van der Waals surface area contributed by atoms with Gasteiger partial charge in [-0.05, 0) is 6.42 Å². The van der Waals surface area contributed by atoms with Crippen molar-refractivity contribution in [3.05, 3.63) is 0 Å². The molecule has 3 amide bonds. The second-order valence-electron chi connectivity index (χ2n) is 4.48. The fourth-order valence-electron chi connectivity index (χ4n) is 1.57. The average molecular weight is 338 g/mol. The third-order valence-corrected chi connectivity index (χ3v) is 3.27. The van der Waals surface area contributed by atoms with Crippen LogP contribution in [0.2, 0.25) is 0 Å². The zero-order valence-electron chi connectivity index (χ0n) is 12.1. The molecule has 0 spiro atoms. The Balaban J connectivity index is 4.72. The van der Waals surface area contributed by atoms with Gasteiger partial charge in [-0.2, -0.15) is 8.42 Å². The van der Waals surface area contributed by atoms with Gasteiger partial charge in [0.15, 0.2) is 0 Å². The molecule has 0 heterocycles. The average Bonchev–Trinajstić information content (AvgIpc) is 2.31. The van der Waals surface area contributed by atoms with Gasteiger partial charge < -0.3 is 10.4 Å². The first-order valence-electron chi connectivity index (χ1n) is 6.20. The van der Waals surface area contributed by atoms with E-state index >= 15 is 0 Å². The van der Waals surface area contributed by atoms with Gasteiger partial charge >= 0.3 is 5.97 Å². The SMILES string of the molecule is CC(=O)NC(CCC(=O)N(CCS(=O)(=O)O)C(C)=O)C(=O)O. The van der Waals surface area contributed by atoms with Crippen molar-refractivity contribution in [3.8, 4) is 0 Å². The molecule has 0 rings (SSSR count). The second kappa shape index (κ2) is 8.44. The van der Waals surface area contributed by atoms with Crippen LogP contribution >= 0.6 is 0 Å². The normalized spacial score (nSPS) is 12.3. The molecular formula is C11H18N2O8S. The standard InChI is InChI=1S/C11H18N2O8S/c1-7(14)12-9(11(17)18)3-4-10(16)13(8(2)15)5-6-22(19,20)21/h9H,3-6H2,1-2H3,(H,12,14)(H,17,18)(H,19,20,21). The summed E-state index contributed by atoms with van der Waals surface area (Å²) in [6.45, 7) is 1.61. The number of carboxylic acids is 1. The third-order valence-electron chi connectivity index (χ3n) is 2.58. The number of hydrogen-bond acceptors (Lipinski definition) is 6. The monoisotopic (exact) mass is 338 g/mol. The minimum absolute atomic E-state index is 0.261. The van der Waals surface area contributed by atoms with Crippen LogP contribution in [-0.2, 0) is 29.3 Å². The van der Waals surface area contributed by atoms with Crippen LogP contribution in [0.15, 0.2) is 0 Å². The van der Waals surface area contributed by atoms with Crippen LogP contribution in [-0.4, -0.2) is 65.0 Å². The van der Waals surface area contributed by atoms with E-state index in [9.17, 15) is 27.6 Å². The van der Waals surface area contributed by atoms with Crippen LogP contribution in [0.25, 0.3) is 0 Å². The Labute approximate surface area is 127 Å². The summed E-state index contributed by atoms with van der Waals surface area (Å²) in [6.07, 6.45) is -0.647. The number of hydrogen-bond donors (Lipinski definition) is 3. The number of nitrogens with one attached hydrogen (secondary N) is 1.